The number of rotatable bonds is 6. The molecule has 2 aromatic carbocycles. The van der Waals surface area contributed by atoms with Crippen LogP contribution in [0.4, 0.5) is 0 Å². The number of fused-ring (bicyclic) bond motifs is 1. The highest BCUT2D eigenvalue weighted by Gasteiger charge is 2.40. The van der Waals surface area contributed by atoms with Crippen LogP contribution in [-0.2, 0) is 14.3 Å². The number of hydrogen-bond acceptors (Lipinski definition) is 10. The number of esters is 2. The molecular formula is C22H18N2O7S2. The molecule has 0 spiro atoms. The lowest BCUT2D eigenvalue weighted by molar-refractivity contribution is -0.126. The largest absolute Gasteiger partial charge is 0.493 e. The summed E-state index contributed by atoms with van der Waals surface area (Å²) in [6.45, 7) is 0. The SMILES string of the molecule is COC(=O)c1ccc(/C=C2\SC(=S)N(NC3OC(=O)c4c3ccc(OC)c4OC)C2=O)cc1. The number of carbonyl (C=O) groups is 3. The average Bonchev–Trinajstić information content (AvgIpc) is 3.29. The summed E-state index contributed by atoms with van der Waals surface area (Å²) in [6, 6.07) is 9.91. The van der Waals surface area contributed by atoms with E-state index in [1.165, 1.54) is 26.3 Å². The summed E-state index contributed by atoms with van der Waals surface area (Å²) in [5, 5.41) is 1.17. The van der Waals surface area contributed by atoms with Gasteiger partial charge in [0, 0.05) is 5.56 Å². The molecule has 1 unspecified atom stereocenters. The first-order valence-corrected chi connectivity index (χ1v) is 10.8. The quantitative estimate of drug-likeness (QED) is 0.372. The van der Waals surface area contributed by atoms with Crippen molar-refractivity contribution in [3.05, 3.63) is 63.6 Å². The standard InChI is InChI=1S/C22H18N2O7S2/c1-28-14-9-8-13-16(17(14)29-2)21(27)31-18(13)23-24-19(25)15(33-22(24)32)10-11-4-6-12(7-5-11)20(26)30-3/h4-10,18,23H,1-3H3/b15-10-. The molecule has 33 heavy (non-hydrogen) atoms. The molecule has 2 aliphatic rings. The summed E-state index contributed by atoms with van der Waals surface area (Å²) < 4.78 is 20.9. The van der Waals surface area contributed by atoms with Crippen molar-refractivity contribution in [1.29, 1.82) is 0 Å². The summed E-state index contributed by atoms with van der Waals surface area (Å²) in [6.07, 6.45) is 0.721. The molecule has 0 aliphatic carbocycles. The van der Waals surface area contributed by atoms with Crippen molar-refractivity contribution in [3.8, 4) is 11.5 Å². The number of thiocarbonyl (C=S) groups is 1. The van der Waals surface area contributed by atoms with E-state index in [-0.39, 0.29) is 15.6 Å². The maximum atomic E-state index is 13.0. The van der Waals surface area contributed by atoms with Gasteiger partial charge in [-0.2, -0.15) is 5.43 Å². The van der Waals surface area contributed by atoms with Crippen molar-refractivity contribution < 1.29 is 33.3 Å². The van der Waals surface area contributed by atoms with Gasteiger partial charge in [0.1, 0.15) is 5.56 Å². The van der Waals surface area contributed by atoms with Crippen molar-refractivity contribution in [2.24, 2.45) is 0 Å². The van der Waals surface area contributed by atoms with Crippen molar-refractivity contribution in [2.45, 2.75) is 6.23 Å². The minimum atomic E-state index is -0.937. The Labute approximate surface area is 198 Å². The number of thioether (sulfide) groups is 1. The summed E-state index contributed by atoms with van der Waals surface area (Å²) in [5.74, 6) is -0.805. The van der Waals surface area contributed by atoms with Crippen molar-refractivity contribution in [2.75, 3.05) is 21.3 Å². The van der Waals surface area contributed by atoms with Crippen molar-refractivity contribution >= 4 is 52.2 Å². The molecule has 4 rings (SSSR count). The Hall–Kier alpha value is -3.41. The smallest absolute Gasteiger partial charge is 0.344 e. The van der Waals surface area contributed by atoms with Crippen LogP contribution in [0.1, 0.15) is 38.1 Å². The fourth-order valence-corrected chi connectivity index (χ4v) is 4.57. The fraction of sp³-hybridized carbons (Fsp3) is 0.182. The van der Waals surface area contributed by atoms with Crippen LogP contribution in [0.2, 0.25) is 0 Å². The van der Waals surface area contributed by atoms with E-state index in [9.17, 15) is 14.4 Å². The minimum absolute atomic E-state index is 0.223. The van der Waals surface area contributed by atoms with Gasteiger partial charge in [-0.25, -0.2) is 14.6 Å². The Morgan fingerprint density at radius 2 is 1.85 bits per heavy atom. The van der Waals surface area contributed by atoms with Crippen LogP contribution in [0.5, 0.6) is 11.5 Å². The molecule has 2 heterocycles. The van der Waals surface area contributed by atoms with Crippen LogP contribution < -0.4 is 14.9 Å². The van der Waals surface area contributed by atoms with Crippen LogP contribution in [0.25, 0.3) is 6.08 Å². The Balaban J connectivity index is 1.55. The number of ether oxygens (including phenoxy) is 4. The molecule has 9 nitrogen and oxygen atoms in total. The van der Waals surface area contributed by atoms with Gasteiger partial charge in [0.25, 0.3) is 5.91 Å². The van der Waals surface area contributed by atoms with Crippen LogP contribution >= 0.6 is 24.0 Å². The number of hydrazine groups is 1. The molecule has 1 N–H and O–H groups in total. The third-order valence-electron chi connectivity index (χ3n) is 4.96. The van der Waals surface area contributed by atoms with E-state index in [1.54, 1.807) is 42.5 Å². The van der Waals surface area contributed by atoms with Gasteiger partial charge in [-0.1, -0.05) is 36.1 Å². The molecule has 1 saturated heterocycles. The molecule has 1 atom stereocenters. The van der Waals surface area contributed by atoms with Gasteiger partial charge >= 0.3 is 11.9 Å². The zero-order valence-corrected chi connectivity index (χ0v) is 19.4. The van der Waals surface area contributed by atoms with Crippen molar-refractivity contribution in [1.82, 2.24) is 10.4 Å². The molecule has 11 heteroatoms. The maximum absolute atomic E-state index is 13.0. The molecule has 0 aromatic heterocycles. The Morgan fingerprint density at radius 1 is 1.12 bits per heavy atom. The molecule has 0 saturated carbocycles. The van der Waals surface area contributed by atoms with Gasteiger partial charge in [-0.05, 0) is 35.9 Å². The van der Waals surface area contributed by atoms with E-state index in [4.69, 9.17) is 26.4 Å². The summed E-state index contributed by atoms with van der Waals surface area (Å²) in [4.78, 5) is 37.4. The highest BCUT2D eigenvalue weighted by Crippen LogP contribution is 2.42. The molecule has 1 amide bonds. The van der Waals surface area contributed by atoms with Gasteiger partial charge in [-0.3, -0.25) is 4.79 Å². The van der Waals surface area contributed by atoms with Crippen LogP contribution in [-0.4, -0.2) is 48.5 Å². The fourth-order valence-electron chi connectivity index (χ4n) is 3.38. The molecule has 2 aliphatic heterocycles. The Bertz CT molecular complexity index is 1190. The zero-order valence-electron chi connectivity index (χ0n) is 17.7. The summed E-state index contributed by atoms with van der Waals surface area (Å²) in [5.41, 5.74) is 4.70. The number of methoxy groups -OCH3 is 3. The van der Waals surface area contributed by atoms with Crippen LogP contribution in [0, 0.1) is 0 Å². The number of hydrogen-bond donors (Lipinski definition) is 1. The first-order valence-electron chi connectivity index (χ1n) is 9.56. The maximum Gasteiger partial charge on any atom is 0.344 e. The van der Waals surface area contributed by atoms with Gasteiger partial charge in [0.15, 0.2) is 22.0 Å². The Morgan fingerprint density at radius 3 is 2.48 bits per heavy atom. The normalized spacial score (nSPS) is 18.4. The number of benzene rings is 2. The van der Waals surface area contributed by atoms with E-state index in [2.05, 4.69) is 10.2 Å². The van der Waals surface area contributed by atoms with Crippen LogP contribution in [0.15, 0.2) is 41.3 Å². The summed E-state index contributed by atoms with van der Waals surface area (Å²) in [7, 11) is 4.20. The van der Waals surface area contributed by atoms with E-state index in [0.29, 0.717) is 27.3 Å². The van der Waals surface area contributed by atoms with Gasteiger partial charge < -0.3 is 18.9 Å². The molecule has 2 aromatic rings. The van der Waals surface area contributed by atoms with E-state index in [1.807, 2.05) is 0 Å². The third-order valence-corrected chi connectivity index (χ3v) is 6.26. The average molecular weight is 487 g/mol. The number of nitrogens with zero attached hydrogens (tertiary/aromatic N) is 1. The third kappa shape index (κ3) is 4.17. The monoisotopic (exact) mass is 486 g/mol. The predicted molar refractivity (Wildman–Crippen MR) is 124 cm³/mol. The van der Waals surface area contributed by atoms with Gasteiger partial charge in [0.05, 0.1) is 31.8 Å². The first-order chi connectivity index (χ1) is 15.9. The number of nitrogens with one attached hydrogen (secondary N) is 1. The molecule has 0 radical (unpaired) electrons. The minimum Gasteiger partial charge on any atom is -0.493 e. The lowest BCUT2D eigenvalue weighted by Crippen LogP contribution is -2.43. The number of amides is 1. The summed E-state index contributed by atoms with van der Waals surface area (Å²) >= 11 is 6.45. The Kier molecular flexibility index (Phi) is 6.36. The molecule has 1 fully saturated rings. The molecule has 170 valence electrons. The number of cyclic esters (lactones) is 1. The second-order valence-electron chi connectivity index (χ2n) is 6.81. The second-order valence-corrected chi connectivity index (χ2v) is 8.49. The van der Waals surface area contributed by atoms with E-state index >= 15 is 0 Å². The highest BCUT2D eigenvalue weighted by atomic mass is 32.2. The van der Waals surface area contributed by atoms with Gasteiger partial charge in [0.2, 0.25) is 0 Å². The highest BCUT2D eigenvalue weighted by molar-refractivity contribution is 8.26. The van der Waals surface area contributed by atoms with E-state index in [0.717, 1.165) is 11.8 Å². The molecule has 0 bridgehead atoms. The van der Waals surface area contributed by atoms with E-state index < -0.39 is 24.1 Å². The zero-order chi connectivity index (χ0) is 23.7. The lowest BCUT2D eigenvalue weighted by Gasteiger charge is -2.21. The van der Waals surface area contributed by atoms with Crippen molar-refractivity contribution in [3.63, 3.8) is 0 Å². The van der Waals surface area contributed by atoms with Crippen LogP contribution in [0.3, 0.4) is 0 Å². The number of carbonyl (C=O) groups excluding carboxylic acids is 3. The topological polar surface area (TPSA) is 103 Å². The first kappa shape index (κ1) is 22.8. The lowest BCUT2D eigenvalue weighted by atomic mass is 10.1. The second kappa shape index (κ2) is 9.22. The molecular weight excluding hydrogens is 468 g/mol. The predicted octanol–water partition coefficient (Wildman–Crippen LogP) is 3.07. The van der Waals surface area contributed by atoms with Gasteiger partial charge in [-0.15, -0.1) is 0 Å².